The Morgan fingerprint density at radius 2 is 2.05 bits per heavy atom. The number of rotatable bonds is 5. The first-order valence-electron chi connectivity index (χ1n) is 8.47. The maximum absolute atomic E-state index is 4.43. The molecule has 21 heavy (non-hydrogen) atoms. The highest BCUT2D eigenvalue weighted by Gasteiger charge is 2.27. The molecule has 2 aliphatic rings. The molecular formula is C16H28N4S. The second-order valence-corrected chi connectivity index (χ2v) is 7.18. The van der Waals surface area contributed by atoms with E-state index in [2.05, 4.69) is 32.4 Å². The monoisotopic (exact) mass is 308 g/mol. The second-order valence-electron chi connectivity index (χ2n) is 6.31. The van der Waals surface area contributed by atoms with Gasteiger partial charge < -0.3 is 10.2 Å². The zero-order chi connectivity index (χ0) is 14.5. The molecule has 0 bridgehead atoms. The quantitative estimate of drug-likeness (QED) is 0.905. The number of piperazine rings is 1. The smallest absolute Gasteiger partial charge is 0.185 e. The minimum atomic E-state index is 0.751. The Balaban J connectivity index is 1.48. The van der Waals surface area contributed by atoms with Gasteiger partial charge in [-0.2, -0.15) is 0 Å². The lowest BCUT2D eigenvalue weighted by atomic mass is 9.84. The molecule has 1 aromatic rings. The summed E-state index contributed by atoms with van der Waals surface area (Å²) in [5.74, 6) is 0.852. The van der Waals surface area contributed by atoms with Crippen molar-refractivity contribution >= 4 is 16.5 Å². The molecule has 1 aromatic heterocycles. The highest BCUT2D eigenvalue weighted by Crippen LogP contribution is 2.26. The molecule has 0 spiro atoms. The summed E-state index contributed by atoms with van der Waals surface area (Å²) in [6.45, 7) is 9.27. The van der Waals surface area contributed by atoms with Gasteiger partial charge in [0.15, 0.2) is 5.13 Å². The number of thiazole rings is 1. The van der Waals surface area contributed by atoms with E-state index in [-0.39, 0.29) is 0 Å². The summed E-state index contributed by atoms with van der Waals surface area (Å²) in [6.07, 6.45) is 7.52. The number of nitrogens with zero attached hydrogens (tertiary/aromatic N) is 3. The molecule has 2 fully saturated rings. The van der Waals surface area contributed by atoms with Crippen molar-refractivity contribution in [3.05, 3.63) is 11.6 Å². The molecule has 2 atom stereocenters. The first-order chi connectivity index (χ1) is 10.4. The van der Waals surface area contributed by atoms with Crippen LogP contribution >= 0.6 is 11.3 Å². The van der Waals surface area contributed by atoms with Crippen LogP contribution in [-0.4, -0.2) is 55.2 Å². The number of anilines is 1. The fraction of sp³-hybridized carbons (Fsp3) is 0.812. The van der Waals surface area contributed by atoms with E-state index in [0.29, 0.717) is 0 Å². The van der Waals surface area contributed by atoms with Gasteiger partial charge in [0.25, 0.3) is 0 Å². The topological polar surface area (TPSA) is 31.4 Å². The van der Waals surface area contributed by atoms with Crippen LogP contribution in [0.1, 0.15) is 32.6 Å². The number of hydrogen-bond donors (Lipinski definition) is 1. The third-order valence-corrected chi connectivity index (χ3v) is 5.76. The van der Waals surface area contributed by atoms with Crippen molar-refractivity contribution in [3.63, 3.8) is 0 Å². The Morgan fingerprint density at radius 3 is 2.76 bits per heavy atom. The van der Waals surface area contributed by atoms with Crippen LogP contribution in [0.4, 0.5) is 5.13 Å². The van der Waals surface area contributed by atoms with Crippen molar-refractivity contribution in [1.29, 1.82) is 0 Å². The standard InChI is InChI=1S/C16H28N4S/c1-2-17-15-6-4-3-5-14(15)13-19-8-10-20(11-9-19)16-18-7-12-21-16/h7,12,14-15,17H,2-6,8-11,13H2,1H3. The van der Waals surface area contributed by atoms with Gasteiger partial charge in [-0.15, -0.1) is 11.3 Å². The molecule has 1 aliphatic heterocycles. The van der Waals surface area contributed by atoms with Gasteiger partial charge in [-0.05, 0) is 25.3 Å². The Hall–Kier alpha value is -0.650. The Bertz CT molecular complexity index is 398. The fourth-order valence-corrected chi connectivity index (χ4v) is 4.48. The molecule has 118 valence electrons. The predicted octanol–water partition coefficient (Wildman–Crippen LogP) is 2.43. The van der Waals surface area contributed by atoms with Crippen LogP contribution in [0, 0.1) is 5.92 Å². The van der Waals surface area contributed by atoms with Gasteiger partial charge in [-0.3, -0.25) is 4.90 Å². The second kappa shape index (κ2) is 7.56. The van der Waals surface area contributed by atoms with E-state index in [1.807, 2.05) is 6.20 Å². The molecule has 0 radical (unpaired) electrons. The van der Waals surface area contributed by atoms with Crippen LogP contribution < -0.4 is 10.2 Å². The first-order valence-corrected chi connectivity index (χ1v) is 9.35. The third kappa shape index (κ3) is 3.96. The molecule has 0 aromatic carbocycles. The van der Waals surface area contributed by atoms with Crippen LogP contribution in [-0.2, 0) is 0 Å². The zero-order valence-corrected chi connectivity index (χ0v) is 13.9. The van der Waals surface area contributed by atoms with Crippen molar-refractivity contribution in [2.75, 3.05) is 44.2 Å². The summed E-state index contributed by atoms with van der Waals surface area (Å²) in [5.41, 5.74) is 0. The van der Waals surface area contributed by atoms with E-state index in [4.69, 9.17) is 0 Å². The van der Waals surface area contributed by atoms with E-state index >= 15 is 0 Å². The van der Waals surface area contributed by atoms with Gasteiger partial charge in [-0.25, -0.2) is 4.98 Å². The molecule has 0 amide bonds. The van der Waals surface area contributed by atoms with Crippen molar-refractivity contribution in [2.45, 2.75) is 38.6 Å². The van der Waals surface area contributed by atoms with E-state index < -0.39 is 0 Å². The van der Waals surface area contributed by atoms with Crippen molar-refractivity contribution in [2.24, 2.45) is 5.92 Å². The summed E-state index contributed by atoms with van der Waals surface area (Å²) in [7, 11) is 0. The van der Waals surface area contributed by atoms with E-state index in [0.717, 1.165) is 31.6 Å². The lowest BCUT2D eigenvalue weighted by Crippen LogP contribution is -2.51. The summed E-state index contributed by atoms with van der Waals surface area (Å²) >= 11 is 1.76. The molecule has 1 N–H and O–H groups in total. The Kier molecular flexibility index (Phi) is 5.49. The molecule has 1 aliphatic carbocycles. The van der Waals surface area contributed by atoms with Crippen LogP contribution in [0.25, 0.3) is 0 Å². The summed E-state index contributed by atoms with van der Waals surface area (Å²) in [5, 5.41) is 6.98. The maximum atomic E-state index is 4.43. The normalized spacial score (nSPS) is 28.0. The van der Waals surface area contributed by atoms with Gasteiger partial charge >= 0.3 is 0 Å². The van der Waals surface area contributed by atoms with Crippen LogP contribution in [0.5, 0.6) is 0 Å². The summed E-state index contributed by atoms with van der Waals surface area (Å²) in [4.78, 5) is 9.54. The van der Waals surface area contributed by atoms with E-state index in [9.17, 15) is 0 Å². The minimum Gasteiger partial charge on any atom is -0.346 e. The molecule has 5 heteroatoms. The highest BCUT2D eigenvalue weighted by atomic mass is 32.1. The maximum Gasteiger partial charge on any atom is 0.185 e. The third-order valence-electron chi connectivity index (χ3n) is 4.93. The SMILES string of the molecule is CCNC1CCCCC1CN1CCN(c2nccs2)CC1. The molecule has 1 saturated heterocycles. The van der Waals surface area contributed by atoms with Crippen LogP contribution in [0.15, 0.2) is 11.6 Å². The van der Waals surface area contributed by atoms with E-state index in [1.165, 1.54) is 50.4 Å². The average molecular weight is 308 g/mol. The van der Waals surface area contributed by atoms with Crippen LogP contribution in [0.3, 0.4) is 0 Å². The largest absolute Gasteiger partial charge is 0.346 e. The predicted molar refractivity (Wildman–Crippen MR) is 90.2 cm³/mol. The fourth-order valence-electron chi connectivity index (χ4n) is 3.78. The lowest BCUT2D eigenvalue weighted by molar-refractivity contribution is 0.162. The zero-order valence-electron chi connectivity index (χ0n) is 13.1. The van der Waals surface area contributed by atoms with Gasteiger partial charge in [-0.1, -0.05) is 19.8 Å². The van der Waals surface area contributed by atoms with Gasteiger partial charge in [0.2, 0.25) is 0 Å². The van der Waals surface area contributed by atoms with Gasteiger partial charge in [0.1, 0.15) is 0 Å². The van der Waals surface area contributed by atoms with Gasteiger partial charge in [0, 0.05) is 50.3 Å². The van der Waals surface area contributed by atoms with Crippen molar-refractivity contribution < 1.29 is 0 Å². The lowest BCUT2D eigenvalue weighted by Gasteiger charge is -2.39. The first kappa shape index (κ1) is 15.3. The van der Waals surface area contributed by atoms with E-state index in [1.54, 1.807) is 11.3 Å². The molecule has 3 rings (SSSR count). The molecule has 1 saturated carbocycles. The molecule has 2 unspecified atom stereocenters. The molecular weight excluding hydrogens is 280 g/mol. The number of aromatic nitrogens is 1. The van der Waals surface area contributed by atoms with Crippen molar-refractivity contribution in [3.8, 4) is 0 Å². The Morgan fingerprint density at radius 1 is 1.24 bits per heavy atom. The summed E-state index contributed by atoms with van der Waals surface area (Å²) < 4.78 is 0. The van der Waals surface area contributed by atoms with Crippen LogP contribution in [0.2, 0.25) is 0 Å². The average Bonchev–Trinajstić information content (AvgIpc) is 3.05. The molecule has 2 heterocycles. The van der Waals surface area contributed by atoms with Gasteiger partial charge in [0.05, 0.1) is 0 Å². The summed E-state index contributed by atoms with van der Waals surface area (Å²) in [6, 6.07) is 0.751. The Labute approximate surface area is 132 Å². The molecule has 4 nitrogen and oxygen atoms in total. The minimum absolute atomic E-state index is 0.751. The van der Waals surface area contributed by atoms with Crippen molar-refractivity contribution in [1.82, 2.24) is 15.2 Å². The number of nitrogens with one attached hydrogen (secondary N) is 1. The number of hydrogen-bond acceptors (Lipinski definition) is 5. The highest BCUT2D eigenvalue weighted by molar-refractivity contribution is 7.13.